The third-order valence-corrected chi connectivity index (χ3v) is 2.62. The molecule has 0 bridgehead atoms. The highest BCUT2D eigenvalue weighted by molar-refractivity contribution is 5.61. The zero-order valence-corrected chi connectivity index (χ0v) is 9.89. The van der Waals surface area contributed by atoms with Crippen LogP contribution < -0.4 is 10.5 Å². The minimum absolute atomic E-state index is 0.653. The van der Waals surface area contributed by atoms with Crippen LogP contribution in [0.4, 0.5) is 0 Å². The molecular weight excluding hydrogens is 212 g/mol. The minimum Gasteiger partial charge on any atom is -0.497 e. The largest absolute Gasteiger partial charge is 0.497 e. The molecular formula is C14H16N2O. The number of nitrogens with zero attached hydrogens (tertiary/aromatic N) is 1. The molecule has 1 heterocycles. The van der Waals surface area contributed by atoms with Crippen LogP contribution in [0.3, 0.4) is 0 Å². The first kappa shape index (κ1) is 11.6. The van der Waals surface area contributed by atoms with Gasteiger partial charge in [-0.3, -0.25) is 4.98 Å². The third-order valence-electron chi connectivity index (χ3n) is 2.62. The monoisotopic (exact) mass is 228 g/mol. The molecule has 0 amide bonds. The second kappa shape index (κ2) is 5.46. The summed E-state index contributed by atoms with van der Waals surface area (Å²) in [4.78, 5) is 4.43. The third kappa shape index (κ3) is 2.82. The van der Waals surface area contributed by atoms with E-state index in [1.54, 1.807) is 7.11 Å². The van der Waals surface area contributed by atoms with Gasteiger partial charge < -0.3 is 10.5 Å². The molecule has 0 saturated heterocycles. The summed E-state index contributed by atoms with van der Waals surface area (Å²) >= 11 is 0. The number of pyridine rings is 1. The van der Waals surface area contributed by atoms with E-state index in [0.717, 1.165) is 23.4 Å². The van der Waals surface area contributed by atoms with Gasteiger partial charge in [-0.1, -0.05) is 18.2 Å². The van der Waals surface area contributed by atoms with Gasteiger partial charge in [-0.25, -0.2) is 0 Å². The predicted octanol–water partition coefficient (Wildman–Crippen LogP) is 2.26. The van der Waals surface area contributed by atoms with Crippen molar-refractivity contribution in [2.75, 3.05) is 13.7 Å². The Bertz CT molecular complexity index is 480. The Morgan fingerprint density at radius 3 is 2.76 bits per heavy atom. The van der Waals surface area contributed by atoms with Gasteiger partial charge in [-0.05, 0) is 36.7 Å². The number of methoxy groups -OCH3 is 1. The van der Waals surface area contributed by atoms with Crippen molar-refractivity contribution < 1.29 is 4.74 Å². The van der Waals surface area contributed by atoms with Crippen molar-refractivity contribution in [3.05, 3.63) is 48.2 Å². The number of hydrogen-bond acceptors (Lipinski definition) is 3. The number of rotatable bonds is 4. The molecule has 0 fully saturated rings. The molecule has 3 nitrogen and oxygen atoms in total. The number of nitrogens with two attached hydrogens (primary N) is 1. The first-order chi connectivity index (χ1) is 8.33. The Labute approximate surface area is 101 Å². The first-order valence-corrected chi connectivity index (χ1v) is 5.63. The summed E-state index contributed by atoms with van der Waals surface area (Å²) in [6, 6.07) is 12.0. The zero-order valence-electron chi connectivity index (χ0n) is 9.89. The van der Waals surface area contributed by atoms with Crippen molar-refractivity contribution in [2.24, 2.45) is 5.73 Å². The van der Waals surface area contributed by atoms with E-state index in [1.807, 2.05) is 36.5 Å². The highest BCUT2D eigenvalue weighted by atomic mass is 16.5. The molecule has 0 unspecified atom stereocenters. The van der Waals surface area contributed by atoms with Gasteiger partial charge in [0.2, 0.25) is 0 Å². The molecule has 88 valence electrons. The molecule has 0 saturated carbocycles. The van der Waals surface area contributed by atoms with Crippen molar-refractivity contribution >= 4 is 0 Å². The molecule has 0 aliphatic rings. The maximum atomic E-state index is 5.50. The first-order valence-electron chi connectivity index (χ1n) is 5.63. The lowest BCUT2D eigenvalue weighted by Gasteiger charge is -2.05. The Hall–Kier alpha value is -1.87. The Kier molecular flexibility index (Phi) is 3.73. The van der Waals surface area contributed by atoms with Crippen LogP contribution in [0.1, 0.15) is 5.56 Å². The minimum atomic E-state index is 0.653. The molecule has 0 atom stereocenters. The highest BCUT2D eigenvalue weighted by Crippen LogP contribution is 2.22. The second-order valence-electron chi connectivity index (χ2n) is 3.82. The lowest BCUT2D eigenvalue weighted by Crippen LogP contribution is -2.02. The summed E-state index contributed by atoms with van der Waals surface area (Å²) in [5.74, 6) is 0.843. The van der Waals surface area contributed by atoms with E-state index in [-0.39, 0.29) is 0 Å². The van der Waals surface area contributed by atoms with Crippen LogP contribution in [0.25, 0.3) is 11.3 Å². The van der Waals surface area contributed by atoms with Gasteiger partial charge in [0.25, 0.3) is 0 Å². The molecule has 1 aromatic heterocycles. The number of ether oxygens (including phenoxy) is 1. The summed E-state index contributed by atoms with van der Waals surface area (Å²) in [5.41, 5.74) is 8.68. The Morgan fingerprint density at radius 1 is 1.24 bits per heavy atom. The van der Waals surface area contributed by atoms with E-state index < -0.39 is 0 Å². The van der Waals surface area contributed by atoms with Crippen molar-refractivity contribution in [1.82, 2.24) is 4.98 Å². The van der Waals surface area contributed by atoms with Gasteiger partial charge >= 0.3 is 0 Å². The average Bonchev–Trinajstić information content (AvgIpc) is 2.40. The van der Waals surface area contributed by atoms with Gasteiger partial charge in [-0.2, -0.15) is 0 Å². The molecule has 3 heteroatoms. The molecule has 17 heavy (non-hydrogen) atoms. The zero-order chi connectivity index (χ0) is 12.1. The number of hydrogen-bond donors (Lipinski definition) is 1. The number of benzene rings is 1. The van der Waals surface area contributed by atoms with Crippen LogP contribution in [0.15, 0.2) is 42.6 Å². The molecule has 1 aromatic carbocycles. The van der Waals surface area contributed by atoms with E-state index in [1.165, 1.54) is 5.56 Å². The molecule has 2 rings (SSSR count). The molecule has 0 spiro atoms. The van der Waals surface area contributed by atoms with Crippen LogP contribution in [-0.2, 0) is 6.42 Å². The average molecular weight is 228 g/mol. The molecule has 2 N–H and O–H groups in total. The Balaban J connectivity index is 2.26. The normalized spacial score (nSPS) is 10.2. The van der Waals surface area contributed by atoms with E-state index in [2.05, 4.69) is 11.1 Å². The SMILES string of the molecule is COc1cccc(-c2ccc(CCN)cn2)c1. The molecule has 0 aliphatic heterocycles. The summed E-state index contributed by atoms with van der Waals surface area (Å²) in [6.45, 7) is 0.653. The standard InChI is InChI=1S/C14H16N2O/c1-17-13-4-2-3-12(9-13)14-6-5-11(7-8-15)10-16-14/h2-6,9-10H,7-8,15H2,1H3. The quantitative estimate of drug-likeness (QED) is 0.873. The van der Waals surface area contributed by atoms with Crippen LogP contribution in [0.2, 0.25) is 0 Å². The van der Waals surface area contributed by atoms with Crippen LogP contribution >= 0.6 is 0 Å². The van der Waals surface area contributed by atoms with Gasteiger partial charge in [-0.15, -0.1) is 0 Å². The van der Waals surface area contributed by atoms with E-state index in [4.69, 9.17) is 10.5 Å². The second-order valence-corrected chi connectivity index (χ2v) is 3.82. The fourth-order valence-electron chi connectivity index (χ4n) is 1.69. The lowest BCUT2D eigenvalue weighted by molar-refractivity contribution is 0.415. The van der Waals surface area contributed by atoms with Gasteiger partial charge in [0.05, 0.1) is 12.8 Å². The molecule has 2 aromatic rings. The van der Waals surface area contributed by atoms with Crippen molar-refractivity contribution in [1.29, 1.82) is 0 Å². The summed E-state index contributed by atoms with van der Waals surface area (Å²) < 4.78 is 5.19. The maximum absolute atomic E-state index is 5.50. The Morgan fingerprint density at radius 2 is 2.12 bits per heavy atom. The lowest BCUT2D eigenvalue weighted by atomic mass is 10.1. The van der Waals surface area contributed by atoms with Crippen LogP contribution in [-0.4, -0.2) is 18.6 Å². The van der Waals surface area contributed by atoms with Crippen LogP contribution in [0.5, 0.6) is 5.75 Å². The van der Waals surface area contributed by atoms with E-state index >= 15 is 0 Å². The van der Waals surface area contributed by atoms with E-state index in [0.29, 0.717) is 6.54 Å². The number of aromatic nitrogens is 1. The van der Waals surface area contributed by atoms with Crippen molar-refractivity contribution in [2.45, 2.75) is 6.42 Å². The van der Waals surface area contributed by atoms with Crippen molar-refractivity contribution in [3.63, 3.8) is 0 Å². The molecule has 0 radical (unpaired) electrons. The van der Waals surface area contributed by atoms with Crippen molar-refractivity contribution in [3.8, 4) is 17.0 Å². The van der Waals surface area contributed by atoms with E-state index in [9.17, 15) is 0 Å². The fraction of sp³-hybridized carbons (Fsp3) is 0.214. The fourth-order valence-corrected chi connectivity index (χ4v) is 1.69. The topological polar surface area (TPSA) is 48.1 Å². The summed E-state index contributed by atoms with van der Waals surface area (Å²) in [7, 11) is 1.66. The smallest absolute Gasteiger partial charge is 0.119 e. The summed E-state index contributed by atoms with van der Waals surface area (Å²) in [6.07, 6.45) is 2.74. The molecule has 0 aliphatic carbocycles. The summed E-state index contributed by atoms with van der Waals surface area (Å²) in [5, 5.41) is 0. The van der Waals surface area contributed by atoms with Gasteiger partial charge in [0, 0.05) is 11.8 Å². The van der Waals surface area contributed by atoms with Gasteiger partial charge in [0.15, 0.2) is 0 Å². The van der Waals surface area contributed by atoms with Gasteiger partial charge in [0.1, 0.15) is 5.75 Å². The van der Waals surface area contributed by atoms with Crippen LogP contribution in [0, 0.1) is 0 Å². The highest BCUT2D eigenvalue weighted by Gasteiger charge is 2.01. The predicted molar refractivity (Wildman–Crippen MR) is 69.0 cm³/mol. The maximum Gasteiger partial charge on any atom is 0.119 e.